The molecule has 3 rings (SSSR count). The fourth-order valence-electron chi connectivity index (χ4n) is 5.06. The summed E-state index contributed by atoms with van der Waals surface area (Å²) in [7, 11) is -0.967. The van der Waals surface area contributed by atoms with Crippen LogP contribution in [-0.4, -0.2) is 64.2 Å². The van der Waals surface area contributed by atoms with Gasteiger partial charge in [-0.05, 0) is 43.9 Å². The molecule has 1 aliphatic carbocycles. The predicted molar refractivity (Wildman–Crippen MR) is 153 cm³/mol. The third kappa shape index (κ3) is 8.11. The minimum absolute atomic E-state index is 0.0901. The number of methoxy groups -OCH3 is 2. The first-order chi connectivity index (χ1) is 18.6. The molecule has 10 heteroatoms. The smallest absolute Gasteiger partial charge is 0.244 e. The van der Waals surface area contributed by atoms with Crippen LogP contribution in [0.1, 0.15) is 56.6 Å². The van der Waals surface area contributed by atoms with Gasteiger partial charge in [0.05, 0.1) is 26.2 Å². The molecule has 0 unspecified atom stereocenters. The molecule has 1 N–H and O–H groups in total. The van der Waals surface area contributed by atoms with Crippen molar-refractivity contribution in [2.45, 2.75) is 71.0 Å². The highest BCUT2D eigenvalue weighted by atomic mass is 32.2. The zero-order valence-corrected chi connectivity index (χ0v) is 24.4. The highest BCUT2D eigenvalue weighted by Crippen LogP contribution is 2.34. The number of sulfonamides is 1. The minimum atomic E-state index is -3.89. The fraction of sp³-hybridized carbons (Fsp3) is 0.517. The summed E-state index contributed by atoms with van der Waals surface area (Å²) >= 11 is 0. The molecule has 0 aliphatic heterocycles. The Bertz CT molecular complexity index is 1240. The van der Waals surface area contributed by atoms with Gasteiger partial charge in [-0.3, -0.25) is 13.9 Å². The lowest BCUT2D eigenvalue weighted by Gasteiger charge is -2.34. The number of hydrogen-bond donors (Lipinski definition) is 1. The number of aryl methyl sites for hydroxylation is 1. The number of nitrogens with zero attached hydrogens (tertiary/aromatic N) is 2. The van der Waals surface area contributed by atoms with Crippen LogP contribution in [0, 0.1) is 6.92 Å². The lowest BCUT2D eigenvalue weighted by Crippen LogP contribution is -2.54. The molecule has 1 fully saturated rings. The number of ether oxygens (including phenoxy) is 2. The summed E-state index contributed by atoms with van der Waals surface area (Å²) in [6.45, 7) is 3.52. The van der Waals surface area contributed by atoms with Gasteiger partial charge in [0.15, 0.2) is 0 Å². The summed E-state index contributed by atoms with van der Waals surface area (Å²) in [6, 6.07) is 11.8. The van der Waals surface area contributed by atoms with Gasteiger partial charge in [-0.2, -0.15) is 0 Å². The fourth-order valence-corrected chi connectivity index (χ4v) is 5.91. The Morgan fingerprint density at radius 3 is 2.36 bits per heavy atom. The number of anilines is 1. The molecule has 1 saturated carbocycles. The van der Waals surface area contributed by atoms with Crippen molar-refractivity contribution >= 4 is 27.5 Å². The van der Waals surface area contributed by atoms with E-state index in [0.717, 1.165) is 53.8 Å². The van der Waals surface area contributed by atoms with Crippen molar-refractivity contribution in [3.8, 4) is 11.5 Å². The molecule has 39 heavy (non-hydrogen) atoms. The number of amides is 2. The SMILES string of the molecule is CC[C@H](C(=O)NC1CCCCC1)N(Cc1cccc(C)c1)C(=O)CN(c1ccc(OC)cc1OC)S(C)(=O)=O. The van der Waals surface area contributed by atoms with Gasteiger partial charge >= 0.3 is 0 Å². The van der Waals surface area contributed by atoms with Crippen LogP contribution < -0.4 is 19.1 Å². The summed E-state index contributed by atoms with van der Waals surface area (Å²) in [5.74, 6) is 0.0468. The van der Waals surface area contributed by atoms with Crippen molar-refractivity contribution in [2.24, 2.45) is 0 Å². The summed E-state index contributed by atoms with van der Waals surface area (Å²) in [5, 5.41) is 3.15. The van der Waals surface area contributed by atoms with E-state index in [4.69, 9.17) is 9.47 Å². The van der Waals surface area contributed by atoms with Gasteiger partial charge in [-0.15, -0.1) is 0 Å². The molecule has 1 atom stereocenters. The Morgan fingerprint density at radius 1 is 1.05 bits per heavy atom. The first-order valence-corrected chi connectivity index (χ1v) is 15.3. The van der Waals surface area contributed by atoms with E-state index in [0.29, 0.717) is 12.2 Å². The van der Waals surface area contributed by atoms with Crippen LogP contribution in [0.15, 0.2) is 42.5 Å². The topological polar surface area (TPSA) is 105 Å². The monoisotopic (exact) mass is 559 g/mol. The second kappa shape index (κ2) is 13.7. The van der Waals surface area contributed by atoms with E-state index in [1.165, 1.54) is 19.1 Å². The van der Waals surface area contributed by atoms with Gasteiger partial charge in [-0.25, -0.2) is 8.42 Å². The summed E-state index contributed by atoms with van der Waals surface area (Å²) in [4.78, 5) is 29.0. The van der Waals surface area contributed by atoms with Crippen LogP contribution in [-0.2, 0) is 26.2 Å². The van der Waals surface area contributed by atoms with Crippen LogP contribution in [0.2, 0.25) is 0 Å². The number of benzene rings is 2. The normalized spacial score (nSPS) is 14.8. The third-order valence-electron chi connectivity index (χ3n) is 7.11. The van der Waals surface area contributed by atoms with Gasteiger partial charge in [-0.1, -0.05) is 56.0 Å². The zero-order valence-electron chi connectivity index (χ0n) is 23.6. The Kier molecular flexibility index (Phi) is 10.6. The molecule has 2 aromatic rings. The second-order valence-electron chi connectivity index (χ2n) is 10.1. The number of carbonyl (C=O) groups excluding carboxylic acids is 2. The molecular weight excluding hydrogens is 518 g/mol. The molecule has 2 aromatic carbocycles. The van der Waals surface area contributed by atoms with Gasteiger partial charge in [0.1, 0.15) is 24.1 Å². The average molecular weight is 560 g/mol. The zero-order chi connectivity index (χ0) is 28.6. The molecule has 1 aliphatic rings. The molecule has 9 nitrogen and oxygen atoms in total. The van der Waals surface area contributed by atoms with Crippen LogP contribution in [0.5, 0.6) is 11.5 Å². The van der Waals surface area contributed by atoms with Gasteiger partial charge < -0.3 is 19.7 Å². The maximum absolute atomic E-state index is 14.0. The average Bonchev–Trinajstić information content (AvgIpc) is 2.91. The maximum atomic E-state index is 14.0. The molecule has 0 bridgehead atoms. The van der Waals surface area contributed by atoms with Crippen molar-refractivity contribution in [3.05, 3.63) is 53.6 Å². The quantitative estimate of drug-likeness (QED) is 0.421. The summed E-state index contributed by atoms with van der Waals surface area (Å²) in [6.07, 6.45) is 6.59. The van der Waals surface area contributed by atoms with Gasteiger partial charge in [0, 0.05) is 18.7 Å². The molecule has 0 saturated heterocycles. The Labute approximate surface area is 232 Å². The third-order valence-corrected chi connectivity index (χ3v) is 8.23. The molecule has 0 spiro atoms. The lowest BCUT2D eigenvalue weighted by molar-refractivity contribution is -0.140. The largest absolute Gasteiger partial charge is 0.497 e. The summed E-state index contributed by atoms with van der Waals surface area (Å²) < 4.78 is 37.6. The van der Waals surface area contributed by atoms with Crippen LogP contribution in [0.3, 0.4) is 0 Å². The van der Waals surface area contributed by atoms with Gasteiger partial charge in [0.2, 0.25) is 21.8 Å². The first-order valence-electron chi connectivity index (χ1n) is 13.4. The summed E-state index contributed by atoms with van der Waals surface area (Å²) in [5.41, 5.74) is 2.10. The number of hydrogen-bond acceptors (Lipinski definition) is 6. The second-order valence-corrected chi connectivity index (χ2v) is 12.0. The maximum Gasteiger partial charge on any atom is 0.244 e. The molecule has 0 radical (unpaired) electrons. The number of rotatable bonds is 12. The van der Waals surface area contributed by atoms with E-state index < -0.39 is 28.5 Å². The van der Waals surface area contributed by atoms with E-state index in [-0.39, 0.29) is 29.9 Å². The molecule has 0 aromatic heterocycles. The highest BCUT2D eigenvalue weighted by Gasteiger charge is 2.33. The Hall–Kier alpha value is -3.27. The van der Waals surface area contributed by atoms with E-state index in [9.17, 15) is 18.0 Å². The number of nitrogens with one attached hydrogen (secondary N) is 1. The highest BCUT2D eigenvalue weighted by molar-refractivity contribution is 7.92. The van der Waals surface area contributed by atoms with Crippen LogP contribution in [0.4, 0.5) is 5.69 Å². The van der Waals surface area contributed by atoms with Crippen LogP contribution >= 0.6 is 0 Å². The Balaban J connectivity index is 1.96. The molecule has 0 heterocycles. The molecular formula is C29H41N3O6S. The minimum Gasteiger partial charge on any atom is -0.497 e. The van der Waals surface area contributed by atoms with E-state index in [2.05, 4.69) is 5.32 Å². The van der Waals surface area contributed by atoms with Gasteiger partial charge in [0.25, 0.3) is 0 Å². The number of carbonyl (C=O) groups is 2. The molecule has 2 amide bonds. The first kappa shape index (κ1) is 30.3. The standard InChI is InChI=1S/C29H41N3O6S/c1-6-25(29(34)30-23-13-8-7-9-14-23)31(19-22-12-10-11-21(2)17-22)28(33)20-32(39(5,35)36)26-16-15-24(37-3)18-27(26)38-4/h10-12,15-18,23,25H,6-9,13-14,19-20H2,1-5H3,(H,30,34)/t25-/m1/s1. The van der Waals surface area contributed by atoms with Crippen molar-refractivity contribution < 1.29 is 27.5 Å². The lowest BCUT2D eigenvalue weighted by atomic mass is 9.95. The predicted octanol–water partition coefficient (Wildman–Crippen LogP) is 4.03. The van der Waals surface area contributed by atoms with E-state index >= 15 is 0 Å². The van der Waals surface area contributed by atoms with Crippen molar-refractivity contribution in [2.75, 3.05) is 31.3 Å². The van der Waals surface area contributed by atoms with E-state index in [1.54, 1.807) is 18.2 Å². The van der Waals surface area contributed by atoms with Crippen molar-refractivity contribution in [1.29, 1.82) is 0 Å². The van der Waals surface area contributed by atoms with Crippen molar-refractivity contribution in [3.63, 3.8) is 0 Å². The van der Waals surface area contributed by atoms with E-state index in [1.807, 2.05) is 38.1 Å². The Morgan fingerprint density at radius 2 is 1.77 bits per heavy atom. The van der Waals surface area contributed by atoms with Crippen molar-refractivity contribution in [1.82, 2.24) is 10.2 Å². The van der Waals surface area contributed by atoms with Crippen LogP contribution in [0.25, 0.3) is 0 Å². The molecule has 214 valence electrons.